The third kappa shape index (κ3) is 3.71. The second-order valence-corrected chi connectivity index (χ2v) is 10.3. The summed E-state index contributed by atoms with van der Waals surface area (Å²) in [5.74, 6) is 0.682. The molecule has 3 aromatic rings. The van der Waals surface area contributed by atoms with Gasteiger partial charge in [0, 0.05) is 24.2 Å². The third-order valence-corrected chi connectivity index (χ3v) is 8.52. The highest BCUT2D eigenvalue weighted by atomic mass is 32.2. The van der Waals surface area contributed by atoms with Gasteiger partial charge in [-0.2, -0.15) is 0 Å². The summed E-state index contributed by atoms with van der Waals surface area (Å²) in [6.07, 6.45) is 12.1. The Morgan fingerprint density at radius 2 is 1.97 bits per heavy atom. The lowest BCUT2D eigenvalue weighted by molar-refractivity contribution is -0.129. The van der Waals surface area contributed by atoms with Crippen molar-refractivity contribution in [3.63, 3.8) is 0 Å². The van der Waals surface area contributed by atoms with E-state index in [-0.39, 0.29) is 5.91 Å². The second-order valence-electron chi connectivity index (χ2n) is 8.34. The molecule has 0 spiro atoms. The SMILES string of the molecule is CCCCc1nc2sc3c(SCC(=O)N4CCCCC4)ncnc3c2c2c1CCC2. The van der Waals surface area contributed by atoms with Crippen LogP contribution in [0.25, 0.3) is 20.4 Å². The summed E-state index contributed by atoms with van der Waals surface area (Å²) in [4.78, 5) is 30.1. The van der Waals surface area contributed by atoms with Gasteiger partial charge in [-0.3, -0.25) is 4.79 Å². The van der Waals surface area contributed by atoms with Crippen molar-refractivity contribution in [2.75, 3.05) is 18.8 Å². The number of aromatic nitrogens is 3. The number of hydrogen-bond donors (Lipinski definition) is 0. The standard InChI is InChI=1S/C23H28N4OS2/c1-2-3-10-17-15-8-7-9-16(15)19-20-21(30-22(19)26-17)23(25-14-24-20)29-13-18(28)27-11-5-4-6-12-27/h14H,2-13H2,1H3. The van der Waals surface area contributed by atoms with E-state index in [0.717, 1.165) is 65.3 Å². The monoisotopic (exact) mass is 440 g/mol. The molecule has 2 aliphatic rings. The Morgan fingerprint density at radius 1 is 1.13 bits per heavy atom. The number of pyridine rings is 1. The summed E-state index contributed by atoms with van der Waals surface area (Å²) in [6.45, 7) is 4.04. The van der Waals surface area contributed by atoms with Crippen LogP contribution in [0.2, 0.25) is 0 Å². The Morgan fingerprint density at radius 3 is 2.80 bits per heavy atom. The minimum Gasteiger partial charge on any atom is -0.342 e. The van der Waals surface area contributed by atoms with Crippen LogP contribution in [0, 0.1) is 0 Å². The highest BCUT2D eigenvalue weighted by Gasteiger charge is 2.24. The van der Waals surface area contributed by atoms with E-state index in [0.29, 0.717) is 5.75 Å². The van der Waals surface area contributed by atoms with E-state index in [1.165, 1.54) is 47.9 Å². The average Bonchev–Trinajstić information content (AvgIpc) is 3.41. The number of piperidine rings is 1. The molecule has 3 aromatic heterocycles. The van der Waals surface area contributed by atoms with Crippen LogP contribution in [0.1, 0.15) is 62.3 Å². The summed E-state index contributed by atoms with van der Waals surface area (Å²) < 4.78 is 1.10. The van der Waals surface area contributed by atoms with Crippen LogP contribution in [0.3, 0.4) is 0 Å². The maximum atomic E-state index is 12.6. The van der Waals surface area contributed by atoms with Crippen molar-refractivity contribution >= 4 is 49.4 Å². The van der Waals surface area contributed by atoms with Gasteiger partial charge < -0.3 is 4.90 Å². The van der Waals surface area contributed by atoms with Gasteiger partial charge in [-0.05, 0) is 62.5 Å². The Kier molecular flexibility index (Phi) is 5.92. The summed E-state index contributed by atoms with van der Waals surface area (Å²) in [5, 5.41) is 2.17. The van der Waals surface area contributed by atoms with Crippen molar-refractivity contribution in [3.05, 3.63) is 23.1 Å². The predicted molar refractivity (Wildman–Crippen MR) is 125 cm³/mol. The van der Waals surface area contributed by atoms with E-state index in [1.807, 2.05) is 4.90 Å². The molecule has 0 N–H and O–H groups in total. The number of aryl methyl sites for hydroxylation is 2. The van der Waals surface area contributed by atoms with Gasteiger partial charge in [0.15, 0.2) is 0 Å². The molecule has 1 aliphatic heterocycles. The van der Waals surface area contributed by atoms with E-state index in [2.05, 4.69) is 16.9 Å². The first-order chi connectivity index (χ1) is 14.8. The van der Waals surface area contributed by atoms with Gasteiger partial charge in [-0.15, -0.1) is 11.3 Å². The molecule has 1 saturated heterocycles. The molecule has 1 aliphatic carbocycles. The van der Waals surface area contributed by atoms with Crippen LogP contribution < -0.4 is 0 Å². The third-order valence-electron chi connectivity index (χ3n) is 6.33. The number of unbranched alkanes of at least 4 members (excludes halogenated alkanes) is 1. The molecule has 158 valence electrons. The number of thioether (sulfide) groups is 1. The number of fused-ring (bicyclic) bond motifs is 5. The predicted octanol–water partition coefficient (Wildman–Crippen LogP) is 5.18. The van der Waals surface area contributed by atoms with Crippen LogP contribution in [0.15, 0.2) is 11.4 Å². The van der Waals surface area contributed by atoms with Crippen molar-refractivity contribution in [1.82, 2.24) is 19.9 Å². The summed E-state index contributed by atoms with van der Waals surface area (Å²) in [7, 11) is 0. The molecule has 0 saturated carbocycles. The van der Waals surface area contributed by atoms with Gasteiger partial charge in [0.05, 0.1) is 16.0 Å². The van der Waals surface area contributed by atoms with Crippen LogP contribution in [0.4, 0.5) is 0 Å². The van der Waals surface area contributed by atoms with E-state index >= 15 is 0 Å². The number of carbonyl (C=O) groups excluding carboxylic acids is 1. The first kappa shape index (κ1) is 20.2. The fourth-order valence-electron chi connectivity index (χ4n) is 4.77. The van der Waals surface area contributed by atoms with Gasteiger partial charge in [-0.1, -0.05) is 25.1 Å². The fraction of sp³-hybridized carbons (Fsp3) is 0.565. The number of likely N-dealkylation sites (tertiary alicyclic amines) is 1. The van der Waals surface area contributed by atoms with Gasteiger partial charge in [0.25, 0.3) is 0 Å². The number of carbonyl (C=O) groups is 1. The lowest BCUT2D eigenvalue weighted by Gasteiger charge is -2.26. The van der Waals surface area contributed by atoms with E-state index in [9.17, 15) is 4.79 Å². The largest absolute Gasteiger partial charge is 0.342 e. The topological polar surface area (TPSA) is 59.0 Å². The van der Waals surface area contributed by atoms with Gasteiger partial charge >= 0.3 is 0 Å². The lowest BCUT2D eigenvalue weighted by atomic mass is 10.0. The number of rotatable bonds is 6. The minimum absolute atomic E-state index is 0.230. The molecule has 0 radical (unpaired) electrons. The molecule has 30 heavy (non-hydrogen) atoms. The van der Waals surface area contributed by atoms with Crippen molar-refractivity contribution < 1.29 is 4.79 Å². The van der Waals surface area contributed by atoms with Gasteiger partial charge in [0.1, 0.15) is 16.2 Å². The maximum absolute atomic E-state index is 12.6. The Hall–Kier alpha value is -1.73. The zero-order valence-electron chi connectivity index (χ0n) is 17.6. The first-order valence-corrected chi connectivity index (χ1v) is 13.0. The van der Waals surface area contributed by atoms with Crippen LogP contribution in [-0.2, 0) is 24.1 Å². The molecular weight excluding hydrogens is 412 g/mol. The van der Waals surface area contributed by atoms with Crippen LogP contribution >= 0.6 is 23.1 Å². The number of hydrogen-bond acceptors (Lipinski definition) is 6. The van der Waals surface area contributed by atoms with Crippen molar-refractivity contribution in [3.8, 4) is 0 Å². The van der Waals surface area contributed by atoms with Crippen LogP contribution in [0.5, 0.6) is 0 Å². The summed E-state index contributed by atoms with van der Waals surface area (Å²) >= 11 is 3.27. The maximum Gasteiger partial charge on any atom is 0.232 e. The normalized spacial score (nSPS) is 16.5. The molecule has 0 bridgehead atoms. The minimum atomic E-state index is 0.230. The van der Waals surface area contributed by atoms with Gasteiger partial charge in [-0.25, -0.2) is 15.0 Å². The fourth-order valence-corrected chi connectivity index (χ4v) is 6.93. The molecule has 7 heteroatoms. The summed E-state index contributed by atoms with van der Waals surface area (Å²) in [5.41, 5.74) is 5.27. The molecule has 0 unspecified atom stereocenters. The molecule has 4 heterocycles. The highest BCUT2D eigenvalue weighted by molar-refractivity contribution is 8.00. The summed E-state index contributed by atoms with van der Waals surface area (Å²) in [6, 6.07) is 0. The van der Waals surface area contributed by atoms with E-state index in [1.54, 1.807) is 29.4 Å². The molecular formula is C23H28N4OS2. The number of thiophene rings is 1. The zero-order chi connectivity index (χ0) is 20.5. The van der Waals surface area contributed by atoms with Crippen molar-refractivity contribution in [2.24, 2.45) is 0 Å². The average molecular weight is 441 g/mol. The molecule has 0 atom stereocenters. The first-order valence-electron chi connectivity index (χ1n) is 11.2. The lowest BCUT2D eigenvalue weighted by Crippen LogP contribution is -2.36. The van der Waals surface area contributed by atoms with Crippen LogP contribution in [-0.4, -0.2) is 44.6 Å². The molecule has 1 amide bonds. The van der Waals surface area contributed by atoms with E-state index in [4.69, 9.17) is 4.98 Å². The van der Waals surface area contributed by atoms with Crippen molar-refractivity contribution in [2.45, 2.75) is 69.7 Å². The highest BCUT2D eigenvalue weighted by Crippen LogP contribution is 2.42. The second kappa shape index (κ2) is 8.79. The Bertz CT molecular complexity index is 1090. The molecule has 0 aromatic carbocycles. The number of nitrogens with zero attached hydrogens (tertiary/aromatic N) is 4. The number of amides is 1. The Balaban J connectivity index is 1.48. The van der Waals surface area contributed by atoms with E-state index < -0.39 is 0 Å². The quantitative estimate of drug-likeness (QED) is 0.391. The van der Waals surface area contributed by atoms with Crippen molar-refractivity contribution in [1.29, 1.82) is 0 Å². The molecule has 5 rings (SSSR count). The smallest absolute Gasteiger partial charge is 0.232 e. The Labute approximate surface area is 185 Å². The molecule has 1 fully saturated rings. The zero-order valence-corrected chi connectivity index (χ0v) is 19.2. The van der Waals surface area contributed by atoms with Gasteiger partial charge in [0.2, 0.25) is 5.91 Å². The molecule has 5 nitrogen and oxygen atoms in total.